The van der Waals surface area contributed by atoms with Gasteiger partial charge in [-0.1, -0.05) is 12.1 Å². The molecule has 1 heterocycles. The SMILES string of the molecule is Cc1cc(I)ccc1C(=O)N1CCN(Cc2cccc(C(=O)NC(C)(C)C)c2)CC1. The highest BCUT2D eigenvalue weighted by Gasteiger charge is 2.23. The smallest absolute Gasteiger partial charge is 0.254 e. The van der Waals surface area contributed by atoms with Gasteiger partial charge in [-0.3, -0.25) is 14.5 Å². The van der Waals surface area contributed by atoms with Gasteiger partial charge < -0.3 is 10.2 Å². The van der Waals surface area contributed by atoms with Gasteiger partial charge in [0.2, 0.25) is 0 Å². The van der Waals surface area contributed by atoms with Gasteiger partial charge in [-0.05, 0) is 91.7 Å². The van der Waals surface area contributed by atoms with Crippen LogP contribution in [0.4, 0.5) is 0 Å². The Balaban J connectivity index is 1.58. The zero-order valence-electron chi connectivity index (χ0n) is 18.2. The molecule has 0 unspecified atom stereocenters. The summed E-state index contributed by atoms with van der Waals surface area (Å²) in [6, 6.07) is 13.8. The minimum Gasteiger partial charge on any atom is -0.347 e. The molecule has 2 amide bonds. The number of aryl methyl sites for hydroxylation is 1. The van der Waals surface area contributed by atoms with E-state index in [1.165, 1.54) is 0 Å². The summed E-state index contributed by atoms with van der Waals surface area (Å²) in [5.41, 5.74) is 3.36. The van der Waals surface area contributed by atoms with Crippen molar-refractivity contribution in [2.24, 2.45) is 0 Å². The van der Waals surface area contributed by atoms with Gasteiger partial charge >= 0.3 is 0 Å². The maximum absolute atomic E-state index is 12.9. The number of carbonyl (C=O) groups is 2. The second-order valence-corrected chi connectivity index (χ2v) is 10.2. The van der Waals surface area contributed by atoms with E-state index in [0.717, 1.165) is 39.9 Å². The number of benzene rings is 2. The fourth-order valence-corrected chi connectivity index (χ4v) is 4.28. The number of carbonyl (C=O) groups excluding carboxylic acids is 2. The Morgan fingerprint density at radius 2 is 1.73 bits per heavy atom. The van der Waals surface area contributed by atoms with Crippen LogP contribution in [0.5, 0.6) is 0 Å². The molecule has 0 aliphatic carbocycles. The van der Waals surface area contributed by atoms with E-state index >= 15 is 0 Å². The van der Waals surface area contributed by atoms with Gasteiger partial charge in [-0.2, -0.15) is 0 Å². The minimum atomic E-state index is -0.259. The van der Waals surface area contributed by atoms with Crippen LogP contribution in [0.3, 0.4) is 0 Å². The third kappa shape index (κ3) is 6.04. The predicted octanol–water partition coefficient (Wildman–Crippen LogP) is 4.09. The Bertz CT molecular complexity index is 928. The maximum Gasteiger partial charge on any atom is 0.254 e. The Morgan fingerprint density at radius 1 is 1.03 bits per heavy atom. The van der Waals surface area contributed by atoms with Crippen molar-refractivity contribution in [3.63, 3.8) is 0 Å². The summed E-state index contributed by atoms with van der Waals surface area (Å²) >= 11 is 2.27. The Labute approximate surface area is 193 Å². The van der Waals surface area contributed by atoms with Crippen molar-refractivity contribution in [2.75, 3.05) is 26.2 Å². The van der Waals surface area contributed by atoms with Crippen molar-refractivity contribution >= 4 is 34.4 Å². The Kier molecular flexibility index (Phi) is 7.18. The normalized spacial score (nSPS) is 15.2. The van der Waals surface area contributed by atoms with Gasteiger partial charge in [0.25, 0.3) is 11.8 Å². The lowest BCUT2D eigenvalue weighted by Gasteiger charge is -2.35. The number of nitrogens with zero attached hydrogens (tertiary/aromatic N) is 2. The molecule has 6 heteroatoms. The maximum atomic E-state index is 12.9. The first-order chi connectivity index (χ1) is 14.1. The van der Waals surface area contributed by atoms with Crippen LogP contribution in [0.25, 0.3) is 0 Å². The molecule has 0 bridgehead atoms. The lowest BCUT2D eigenvalue weighted by Crippen LogP contribution is -2.48. The van der Waals surface area contributed by atoms with Crippen molar-refractivity contribution in [1.29, 1.82) is 0 Å². The van der Waals surface area contributed by atoms with Gasteiger partial charge in [0.15, 0.2) is 0 Å². The molecule has 0 spiro atoms. The van der Waals surface area contributed by atoms with Crippen LogP contribution >= 0.6 is 22.6 Å². The first kappa shape index (κ1) is 22.7. The molecule has 1 fully saturated rings. The number of hydrogen-bond donors (Lipinski definition) is 1. The van der Waals surface area contributed by atoms with Crippen molar-refractivity contribution < 1.29 is 9.59 Å². The number of hydrogen-bond acceptors (Lipinski definition) is 3. The molecule has 0 aromatic heterocycles. The van der Waals surface area contributed by atoms with Crippen molar-refractivity contribution in [3.05, 3.63) is 68.3 Å². The largest absolute Gasteiger partial charge is 0.347 e. The molecular weight excluding hydrogens is 489 g/mol. The van der Waals surface area contributed by atoms with Crippen LogP contribution in [0.15, 0.2) is 42.5 Å². The van der Waals surface area contributed by atoms with Crippen LogP contribution in [0.1, 0.15) is 52.6 Å². The molecule has 1 aliphatic rings. The lowest BCUT2D eigenvalue weighted by atomic mass is 10.1. The molecule has 5 nitrogen and oxygen atoms in total. The lowest BCUT2D eigenvalue weighted by molar-refractivity contribution is 0.0627. The highest BCUT2D eigenvalue weighted by atomic mass is 127. The molecule has 1 N–H and O–H groups in total. The third-order valence-electron chi connectivity index (χ3n) is 5.16. The monoisotopic (exact) mass is 519 g/mol. The van der Waals surface area contributed by atoms with E-state index in [1.807, 2.05) is 69.0 Å². The molecule has 1 saturated heterocycles. The van der Waals surface area contributed by atoms with Gasteiger partial charge in [0, 0.05) is 53.0 Å². The topological polar surface area (TPSA) is 52.7 Å². The summed E-state index contributed by atoms with van der Waals surface area (Å²) in [6.07, 6.45) is 0. The fourth-order valence-electron chi connectivity index (χ4n) is 3.63. The minimum absolute atomic E-state index is 0.0485. The number of amides is 2. The average molecular weight is 519 g/mol. The first-order valence-corrected chi connectivity index (χ1v) is 11.4. The van der Waals surface area contributed by atoms with Crippen molar-refractivity contribution in [1.82, 2.24) is 15.1 Å². The Hall–Kier alpha value is -1.93. The summed E-state index contributed by atoms with van der Waals surface area (Å²) in [5.74, 6) is 0.0667. The van der Waals surface area contributed by atoms with Crippen LogP contribution in [0.2, 0.25) is 0 Å². The molecular formula is C24H30IN3O2. The van der Waals surface area contributed by atoms with Crippen LogP contribution in [0, 0.1) is 10.5 Å². The highest BCUT2D eigenvalue weighted by molar-refractivity contribution is 14.1. The highest BCUT2D eigenvalue weighted by Crippen LogP contribution is 2.17. The second-order valence-electron chi connectivity index (χ2n) is 8.93. The zero-order valence-corrected chi connectivity index (χ0v) is 20.3. The standard InChI is InChI=1S/C24H30IN3O2/c1-17-14-20(25)8-9-21(17)23(30)28-12-10-27(11-13-28)16-18-6-5-7-19(15-18)22(29)26-24(2,3)4/h5-9,14-15H,10-13,16H2,1-4H3,(H,26,29). The predicted molar refractivity (Wildman–Crippen MR) is 129 cm³/mol. The molecule has 2 aromatic rings. The van der Waals surface area contributed by atoms with E-state index in [2.05, 4.69) is 38.9 Å². The molecule has 160 valence electrons. The summed E-state index contributed by atoms with van der Waals surface area (Å²) < 4.78 is 1.14. The molecule has 3 rings (SSSR count). The molecule has 0 atom stereocenters. The number of halogens is 1. The van der Waals surface area contributed by atoms with E-state index < -0.39 is 0 Å². The summed E-state index contributed by atoms with van der Waals surface area (Å²) in [5, 5.41) is 3.01. The van der Waals surface area contributed by atoms with Crippen LogP contribution in [-0.2, 0) is 6.54 Å². The van der Waals surface area contributed by atoms with Gasteiger partial charge in [-0.15, -0.1) is 0 Å². The van der Waals surface area contributed by atoms with E-state index in [1.54, 1.807) is 0 Å². The second kappa shape index (κ2) is 9.47. The quantitative estimate of drug-likeness (QED) is 0.620. The van der Waals surface area contributed by atoms with E-state index in [-0.39, 0.29) is 17.4 Å². The molecule has 0 radical (unpaired) electrons. The summed E-state index contributed by atoms with van der Waals surface area (Å²) in [7, 11) is 0. The van der Waals surface area contributed by atoms with Gasteiger partial charge in [0.1, 0.15) is 0 Å². The number of piperazine rings is 1. The molecule has 2 aromatic carbocycles. The zero-order chi connectivity index (χ0) is 21.9. The number of nitrogens with one attached hydrogen (secondary N) is 1. The fraction of sp³-hybridized carbons (Fsp3) is 0.417. The average Bonchev–Trinajstić information content (AvgIpc) is 2.67. The van der Waals surface area contributed by atoms with Gasteiger partial charge in [0.05, 0.1) is 0 Å². The van der Waals surface area contributed by atoms with Gasteiger partial charge in [-0.25, -0.2) is 0 Å². The van der Waals surface area contributed by atoms with Crippen LogP contribution in [-0.4, -0.2) is 53.3 Å². The molecule has 30 heavy (non-hydrogen) atoms. The third-order valence-corrected chi connectivity index (χ3v) is 5.83. The summed E-state index contributed by atoms with van der Waals surface area (Å²) in [4.78, 5) is 29.6. The van der Waals surface area contributed by atoms with E-state index in [4.69, 9.17) is 0 Å². The first-order valence-electron chi connectivity index (χ1n) is 10.3. The van der Waals surface area contributed by atoms with Crippen LogP contribution < -0.4 is 5.32 Å². The van der Waals surface area contributed by atoms with E-state index in [0.29, 0.717) is 18.7 Å². The van der Waals surface area contributed by atoms with E-state index in [9.17, 15) is 9.59 Å². The molecule has 1 aliphatic heterocycles. The Morgan fingerprint density at radius 3 is 2.37 bits per heavy atom. The van der Waals surface area contributed by atoms with Crippen molar-refractivity contribution in [2.45, 2.75) is 39.8 Å². The number of rotatable bonds is 4. The summed E-state index contributed by atoms with van der Waals surface area (Å²) in [6.45, 7) is 11.8. The molecule has 0 saturated carbocycles. The van der Waals surface area contributed by atoms with Crippen molar-refractivity contribution in [3.8, 4) is 0 Å².